The summed E-state index contributed by atoms with van der Waals surface area (Å²) in [5.41, 5.74) is 0.657. The molecule has 0 spiro atoms. The summed E-state index contributed by atoms with van der Waals surface area (Å²) in [6, 6.07) is 5.56. The maximum absolute atomic E-state index is 13.2. The van der Waals surface area contributed by atoms with Gasteiger partial charge in [-0.3, -0.25) is 4.79 Å². The summed E-state index contributed by atoms with van der Waals surface area (Å²) in [7, 11) is -3.10. The van der Waals surface area contributed by atoms with Gasteiger partial charge in [-0.2, -0.15) is 4.99 Å². The highest BCUT2D eigenvalue weighted by atomic mass is 32.2. The standard InChI is InChI=1S/C16H19FN2O3S2/c1-3-10(2)15(20)18-16-19(12-6-4-11(17)5-7-12)13-8-24(21,22)9-14(13)23-16/h4-7,10,13-14H,3,8-9H2,1-2H3/t10-,13+,14+/m0/s1. The highest BCUT2D eigenvalue weighted by molar-refractivity contribution is 8.16. The van der Waals surface area contributed by atoms with E-state index in [1.807, 2.05) is 13.8 Å². The van der Waals surface area contributed by atoms with Crippen LogP contribution in [0.4, 0.5) is 10.1 Å². The fraction of sp³-hybridized carbons (Fsp3) is 0.500. The number of thioether (sulfide) groups is 1. The number of carbonyl (C=O) groups is 1. The van der Waals surface area contributed by atoms with Crippen molar-refractivity contribution in [3.8, 4) is 0 Å². The molecule has 2 saturated heterocycles. The largest absolute Gasteiger partial charge is 0.316 e. The normalized spacial score (nSPS) is 28.1. The first kappa shape index (κ1) is 17.4. The number of amidine groups is 1. The maximum atomic E-state index is 13.2. The number of sulfone groups is 1. The van der Waals surface area contributed by atoms with Crippen LogP contribution in [-0.4, -0.2) is 42.3 Å². The molecule has 130 valence electrons. The van der Waals surface area contributed by atoms with Gasteiger partial charge >= 0.3 is 0 Å². The Morgan fingerprint density at radius 1 is 1.38 bits per heavy atom. The van der Waals surface area contributed by atoms with Gasteiger partial charge in [0.25, 0.3) is 5.91 Å². The summed E-state index contributed by atoms with van der Waals surface area (Å²) in [6.45, 7) is 3.74. The Hall–Kier alpha value is -1.41. The molecule has 0 radical (unpaired) electrons. The van der Waals surface area contributed by atoms with Gasteiger partial charge in [0.15, 0.2) is 15.0 Å². The van der Waals surface area contributed by atoms with Crippen molar-refractivity contribution < 1.29 is 17.6 Å². The number of nitrogens with zero attached hydrogens (tertiary/aromatic N) is 2. The molecule has 0 N–H and O–H groups in total. The molecule has 2 heterocycles. The molecule has 8 heteroatoms. The van der Waals surface area contributed by atoms with E-state index in [0.29, 0.717) is 17.3 Å². The van der Waals surface area contributed by atoms with Crippen LogP contribution in [0, 0.1) is 11.7 Å². The van der Waals surface area contributed by atoms with E-state index in [-0.39, 0.29) is 40.4 Å². The van der Waals surface area contributed by atoms with Crippen LogP contribution >= 0.6 is 11.8 Å². The van der Waals surface area contributed by atoms with Crippen molar-refractivity contribution in [2.24, 2.45) is 10.9 Å². The second-order valence-corrected chi connectivity index (χ2v) is 9.55. The summed E-state index contributed by atoms with van der Waals surface area (Å²) in [6.07, 6.45) is 0.693. The molecule has 1 amide bonds. The average molecular weight is 370 g/mol. The molecule has 3 rings (SSSR count). The molecule has 2 fully saturated rings. The number of benzene rings is 1. The lowest BCUT2D eigenvalue weighted by atomic mass is 10.1. The summed E-state index contributed by atoms with van der Waals surface area (Å²) in [4.78, 5) is 18.2. The Balaban J connectivity index is 1.98. The Morgan fingerprint density at radius 2 is 2.04 bits per heavy atom. The topological polar surface area (TPSA) is 66.8 Å². The van der Waals surface area contributed by atoms with Gasteiger partial charge in [-0.25, -0.2) is 12.8 Å². The van der Waals surface area contributed by atoms with Gasteiger partial charge in [-0.05, 0) is 30.7 Å². The second-order valence-electron chi connectivity index (χ2n) is 6.19. The number of aliphatic imine (C=N–C) groups is 1. The molecule has 0 saturated carbocycles. The third-order valence-corrected chi connectivity index (χ3v) is 7.62. The third-order valence-electron chi connectivity index (χ3n) is 4.41. The van der Waals surface area contributed by atoms with E-state index in [0.717, 1.165) is 0 Å². The molecule has 24 heavy (non-hydrogen) atoms. The lowest BCUT2D eigenvalue weighted by Gasteiger charge is -2.24. The van der Waals surface area contributed by atoms with Crippen molar-refractivity contribution in [1.82, 2.24) is 0 Å². The first-order valence-electron chi connectivity index (χ1n) is 7.85. The van der Waals surface area contributed by atoms with Gasteiger partial charge in [0.2, 0.25) is 0 Å². The van der Waals surface area contributed by atoms with E-state index in [2.05, 4.69) is 4.99 Å². The molecule has 5 nitrogen and oxygen atoms in total. The van der Waals surface area contributed by atoms with Gasteiger partial charge < -0.3 is 4.90 Å². The highest BCUT2D eigenvalue weighted by Gasteiger charge is 2.49. The van der Waals surface area contributed by atoms with E-state index in [4.69, 9.17) is 0 Å². The van der Waals surface area contributed by atoms with Crippen LogP contribution in [0.5, 0.6) is 0 Å². The SMILES string of the molecule is CC[C@H](C)C(=O)N=C1S[C@@H]2CS(=O)(=O)C[C@H]2N1c1ccc(F)cc1. The summed E-state index contributed by atoms with van der Waals surface area (Å²) in [5, 5.41) is 0.361. The smallest absolute Gasteiger partial charge is 0.250 e. The van der Waals surface area contributed by atoms with Crippen molar-refractivity contribution in [3.63, 3.8) is 0 Å². The zero-order valence-corrected chi connectivity index (χ0v) is 15.1. The van der Waals surface area contributed by atoms with Crippen LogP contribution in [-0.2, 0) is 14.6 Å². The first-order valence-corrected chi connectivity index (χ1v) is 10.5. The van der Waals surface area contributed by atoms with E-state index in [1.165, 1.54) is 23.9 Å². The van der Waals surface area contributed by atoms with Crippen molar-refractivity contribution >= 4 is 38.4 Å². The highest BCUT2D eigenvalue weighted by Crippen LogP contribution is 2.41. The summed E-state index contributed by atoms with van der Waals surface area (Å²) < 4.78 is 37.1. The number of anilines is 1. The van der Waals surface area contributed by atoms with E-state index in [9.17, 15) is 17.6 Å². The van der Waals surface area contributed by atoms with Gasteiger partial charge in [-0.1, -0.05) is 25.6 Å². The molecule has 0 aliphatic carbocycles. The third kappa shape index (κ3) is 3.35. The van der Waals surface area contributed by atoms with Crippen LogP contribution in [0.2, 0.25) is 0 Å². The molecule has 0 unspecified atom stereocenters. The number of amides is 1. The molecule has 1 aromatic rings. The Labute approximate surface area is 145 Å². The number of rotatable bonds is 3. The predicted molar refractivity (Wildman–Crippen MR) is 94.6 cm³/mol. The number of hydrogen-bond donors (Lipinski definition) is 0. The number of halogens is 1. The maximum Gasteiger partial charge on any atom is 0.250 e. The minimum Gasteiger partial charge on any atom is -0.316 e. The van der Waals surface area contributed by atoms with Crippen LogP contribution < -0.4 is 4.90 Å². The molecule has 0 bridgehead atoms. The van der Waals surface area contributed by atoms with Gasteiger partial charge in [0.05, 0.1) is 17.5 Å². The number of carbonyl (C=O) groups excluding carboxylic acids is 1. The van der Waals surface area contributed by atoms with Crippen LogP contribution in [0.25, 0.3) is 0 Å². The second kappa shape index (κ2) is 6.48. The zero-order chi connectivity index (χ0) is 17.5. The van der Waals surface area contributed by atoms with Crippen LogP contribution in [0.3, 0.4) is 0 Å². The molecule has 2 aliphatic rings. The lowest BCUT2D eigenvalue weighted by molar-refractivity contribution is -0.121. The molecule has 2 aliphatic heterocycles. The molecular formula is C16H19FN2O3S2. The Morgan fingerprint density at radius 3 is 2.67 bits per heavy atom. The monoisotopic (exact) mass is 370 g/mol. The van der Waals surface area contributed by atoms with Gasteiger partial charge in [0.1, 0.15) is 5.82 Å². The fourth-order valence-electron chi connectivity index (χ4n) is 2.85. The number of hydrogen-bond acceptors (Lipinski definition) is 4. The van der Waals surface area contributed by atoms with Crippen LogP contribution in [0.15, 0.2) is 29.3 Å². The predicted octanol–water partition coefficient (Wildman–Crippen LogP) is 2.47. The molecule has 0 aromatic heterocycles. The van der Waals surface area contributed by atoms with E-state index >= 15 is 0 Å². The van der Waals surface area contributed by atoms with Crippen LogP contribution in [0.1, 0.15) is 20.3 Å². The summed E-state index contributed by atoms with van der Waals surface area (Å²) >= 11 is 1.33. The van der Waals surface area contributed by atoms with Crippen molar-refractivity contribution in [2.75, 3.05) is 16.4 Å². The Kier molecular flexibility index (Phi) is 4.70. The minimum atomic E-state index is -3.10. The number of fused-ring (bicyclic) bond motifs is 1. The van der Waals surface area contributed by atoms with Crippen molar-refractivity contribution in [2.45, 2.75) is 31.6 Å². The fourth-order valence-corrected chi connectivity index (χ4v) is 6.77. The van der Waals surface area contributed by atoms with Crippen molar-refractivity contribution in [1.29, 1.82) is 0 Å². The van der Waals surface area contributed by atoms with E-state index < -0.39 is 9.84 Å². The Bertz CT molecular complexity index is 777. The van der Waals surface area contributed by atoms with Gasteiger partial charge in [0, 0.05) is 16.9 Å². The molecular weight excluding hydrogens is 351 g/mol. The zero-order valence-electron chi connectivity index (χ0n) is 13.5. The minimum absolute atomic E-state index is 0.0264. The molecule has 3 atom stereocenters. The summed E-state index contributed by atoms with van der Waals surface area (Å²) in [5.74, 6) is -0.655. The quantitative estimate of drug-likeness (QED) is 0.818. The first-order chi connectivity index (χ1) is 11.3. The average Bonchev–Trinajstić information content (AvgIpc) is 2.98. The van der Waals surface area contributed by atoms with E-state index in [1.54, 1.807) is 17.0 Å². The lowest BCUT2D eigenvalue weighted by Crippen LogP contribution is -2.37. The van der Waals surface area contributed by atoms with Gasteiger partial charge in [-0.15, -0.1) is 0 Å². The molecule has 1 aromatic carbocycles. The van der Waals surface area contributed by atoms with Crippen molar-refractivity contribution in [3.05, 3.63) is 30.1 Å².